The molecule has 4 heterocycles. The first-order valence-electron chi connectivity index (χ1n) is 10.0. The first-order valence-corrected chi connectivity index (χ1v) is 10.0. The zero-order chi connectivity index (χ0) is 21.1. The van der Waals surface area contributed by atoms with Gasteiger partial charge in [0.25, 0.3) is 0 Å². The second-order valence-electron chi connectivity index (χ2n) is 7.54. The van der Waals surface area contributed by atoms with Crippen molar-refractivity contribution in [3.8, 4) is 11.3 Å². The first-order chi connectivity index (χ1) is 14.5. The summed E-state index contributed by atoms with van der Waals surface area (Å²) >= 11 is 0. The third-order valence-corrected chi connectivity index (χ3v) is 5.11. The van der Waals surface area contributed by atoms with Gasteiger partial charge in [0, 0.05) is 62.6 Å². The van der Waals surface area contributed by atoms with Gasteiger partial charge in [-0.2, -0.15) is 5.10 Å². The fourth-order valence-electron chi connectivity index (χ4n) is 3.65. The van der Waals surface area contributed by atoms with Crippen LogP contribution in [0, 0.1) is 6.92 Å². The molecule has 1 aliphatic heterocycles. The molecular formula is C22H24N6O2. The summed E-state index contributed by atoms with van der Waals surface area (Å²) in [5.74, 6) is 0.809. The number of anilines is 2. The predicted octanol–water partition coefficient (Wildman–Crippen LogP) is 2.56. The minimum absolute atomic E-state index is 0.0187. The van der Waals surface area contributed by atoms with Crippen LogP contribution in [0.4, 0.5) is 11.5 Å². The predicted molar refractivity (Wildman–Crippen MR) is 114 cm³/mol. The molecule has 8 heteroatoms. The smallest absolute Gasteiger partial charge is 0.228 e. The molecule has 0 fully saturated rings. The number of nitrogens with zero attached hydrogens (tertiary/aromatic N) is 5. The van der Waals surface area contributed by atoms with E-state index >= 15 is 0 Å². The monoisotopic (exact) mass is 404 g/mol. The molecule has 0 aliphatic carbocycles. The second-order valence-corrected chi connectivity index (χ2v) is 7.54. The van der Waals surface area contributed by atoms with Crippen LogP contribution in [-0.2, 0) is 22.6 Å². The number of carbonyl (C=O) groups is 2. The molecule has 1 aliphatic rings. The Labute approximate surface area is 174 Å². The Hall–Kier alpha value is -3.55. The Bertz CT molecular complexity index is 1070. The number of hydrogen-bond acceptors (Lipinski definition) is 6. The van der Waals surface area contributed by atoms with Gasteiger partial charge in [0.15, 0.2) is 0 Å². The lowest BCUT2D eigenvalue weighted by molar-refractivity contribution is -0.123. The van der Waals surface area contributed by atoms with Crippen molar-refractivity contribution >= 4 is 23.2 Å². The van der Waals surface area contributed by atoms with E-state index in [1.54, 1.807) is 29.6 Å². The molecule has 4 rings (SSSR count). The van der Waals surface area contributed by atoms with Crippen LogP contribution in [0.1, 0.15) is 30.5 Å². The lowest BCUT2D eigenvalue weighted by Gasteiger charge is -2.27. The van der Waals surface area contributed by atoms with Gasteiger partial charge in [0.1, 0.15) is 11.6 Å². The van der Waals surface area contributed by atoms with Crippen LogP contribution in [0.2, 0.25) is 0 Å². The van der Waals surface area contributed by atoms with E-state index in [1.807, 2.05) is 29.8 Å². The third-order valence-electron chi connectivity index (χ3n) is 5.11. The quantitative estimate of drug-likeness (QED) is 0.677. The first kappa shape index (κ1) is 19.8. The van der Waals surface area contributed by atoms with Crippen molar-refractivity contribution in [3.63, 3.8) is 0 Å². The fourth-order valence-corrected chi connectivity index (χ4v) is 3.65. The van der Waals surface area contributed by atoms with Gasteiger partial charge in [-0.25, -0.2) is 4.68 Å². The molecule has 0 spiro atoms. The van der Waals surface area contributed by atoms with Crippen LogP contribution >= 0.6 is 0 Å². The number of ketones is 1. The number of pyridine rings is 2. The third kappa shape index (κ3) is 4.37. The van der Waals surface area contributed by atoms with Crippen molar-refractivity contribution in [2.45, 2.75) is 39.2 Å². The van der Waals surface area contributed by atoms with Crippen LogP contribution in [0.25, 0.3) is 11.3 Å². The van der Waals surface area contributed by atoms with Crippen molar-refractivity contribution < 1.29 is 9.59 Å². The van der Waals surface area contributed by atoms with Crippen molar-refractivity contribution in [2.75, 3.05) is 17.2 Å². The molecule has 1 amide bonds. The minimum atomic E-state index is -0.0353. The van der Waals surface area contributed by atoms with Gasteiger partial charge in [-0.1, -0.05) is 6.07 Å². The summed E-state index contributed by atoms with van der Waals surface area (Å²) in [6.07, 6.45) is 6.50. The summed E-state index contributed by atoms with van der Waals surface area (Å²) in [6, 6.07) is 7.44. The van der Waals surface area contributed by atoms with Gasteiger partial charge in [0.2, 0.25) is 5.91 Å². The van der Waals surface area contributed by atoms with E-state index in [2.05, 4.69) is 15.1 Å². The molecular weight excluding hydrogens is 380 g/mol. The molecule has 3 aromatic heterocycles. The van der Waals surface area contributed by atoms with Gasteiger partial charge in [0.05, 0.1) is 17.1 Å². The van der Waals surface area contributed by atoms with Gasteiger partial charge in [-0.05, 0) is 31.0 Å². The molecule has 0 bridgehead atoms. The Balaban J connectivity index is 1.32. The van der Waals surface area contributed by atoms with Crippen molar-refractivity contribution in [2.24, 2.45) is 0 Å². The number of amides is 1. The number of rotatable bonds is 6. The number of hydrogen-bond donors (Lipinski definition) is 1. The summed E-state index contributed by atoms with van der Waals surface area (Å²) in [7, 11) is 0. The molecule has 0 atom stereocenters. The Morgan fingerprint density at radius 1 is 1.10 bits per heavy atom. The van der Waals surface area contributed by atoms with E-state index in [0.717, 1.165) is 41.3 Å². The number of fused-ring (bicyclic) bond motifs is 1. The molecule has 0 saturated carbocycles. The van der Waals surface area contributed by atoms with E-state index in [0.29, 0.717) is 12.2 Å². The summed E-state index contributed by atoms with van der Waals surface area (Å²) in [6.45, 7) is 3.41. The largest absolute Gasteiger partial charge is 0.397 e. The maximum Gasteiger partial charge on any atom is 0.228 e. The van der Waals surface area contributed by atoms with Crippen LogP contribution in [-0.4, -0.2) is 38.0 Å². The van der Waals surface area contributed by atoms with Gasteiger partial charge in [-0.15, -0.1) is 0 Å². The van der Waals surface area contributed by atoms with Gasteiger partial charge >= 0.3 is 0 Å². The summed E-state index contributed by atoms with van der Waals surface area (Å²) in [4.78, 5) is 35.3. The number of nitrogen functional groups attached to an aromatic ring is 1. The normalized spacial score (nSPS) is 13.2. The summed E-state index contributed by atoms with van der Waals surface area (Å²) < 4.78 is 1.86. The average Bonchev–Trinajstić information content (AvgIpc) is 3.12. The zero-order valence-electron chi connectivity index (χ0n) is 16.9. The SMILES string of the molecule is Cc1cc2n(n1)CCCN2C(=O)CCC(=O)Cc1ccc(-c2cncc(N)c2)nc1. The Morgan fingerprint density at radius 2 is 1.97 bits per heavy atom. The lowest BCUT2D eigenvalue weighted by atomic mass is 10.1. The molecule has 2 N–H and O–H groups in total. The fraction of sp³-hybridized carbons (Fsp3) is 0.318. The Kier molecular flexibility index (Phi) is 5.56. The second kappa shape index (κ2) is 8.44. The Morgan fingerprint density at radius 3 is 2.73 bits per heavy atom. The minimum Gasteiger partial charge on any atom is -0.397 e. The molecule has 0 radical (unpaired) electrons. The highest BCUT2D eigenvalue weighted by Crippen LogP contribution is 2.23. The van der Waals surface area contributed by atoms with Gasteiger partial charge in [-0.3, -0.25) is 24.5 Å². The summed E-state index contributed by atoms with van der Waals surface area (Å²) in [5, 5.41) is 4.41. The van der Waals surface area contributed by atoms with E-state index in [-0.39, 0.29) is 31.0 Å². The highest BCUT2D eigenvalue weighted by atomic mass is 16.2. The van der Waals surface area contributed by atoms with E-state index < -0.39 is 0 Å². The highest BCUT2D eigenvalue weighted by Gasteiger charge is 2.24. The topological polar surface area (TPSA) is 107 Å². The van der Waals surface area contributed by atoms with Crippen LogP contribution in [0.15, 0.2) is 42.9 Å². The number of carbonyl (C=O) groups excluding carboxylic acids is 2. The van der Waals surface area contributed by atoms with Crippen molar-refractivity contribution in [1.29, 1.82) is 0 Å². The molecule has 8 nitrogen and oxygen atoms in total. The maximum absolute atomic E-state index is 12.7. The van der Waals surface area contributed by atoms with E-state index in [1.165, 1.54) is 0 Å². The molecule has 0 aromatic carbocycles. The van der Waals surface area contributed by atoms with Crippen molar-refractivity contribution in [1.82, 2.24) is 19.7 Å². The standard InChI is InChI=1S/C22H24N6O2/c1-15-9-21-27(7-2-8-28(21)26-15)22(30)6-4-19(29)10-16-3-5-20(25-12-16)17-11-18(23)14-24-13-17/h3,5,9,11-14H,2,4,6-8,10,23H2,1H3. The number of nitrogens with two attached hydrogens (primary N) is 1. The molecule has 154 valence electrons. The average molecular weight is 404 g/mol. The van der Waals surface area contributed by atoms with E-state index in [4.69, 9.17) is 5.73 Å². The van der Waals surface area contributed by atoms with Gasteiger partial charge < -0.3 is 5.73 Å². The van der Waals surface area contributed by atoms with Crippen molar-refractivity contribution in [3.05, 3.63) is 54.1 Å². The molecule has 0 saturated heterocycles. The maximum atomic E-state index is 12.7. The number of aromatic nitrogens is 4. The highest BCUT2D eigenvalue weighted by molar-refractivity contribution is 5.95. The molecule has 30 heavy (non-hydrogen) atoms. The van der Waals surface area contributed by atoms with Crippen LogP contribution in [0.5, 0.6) is 0 Å². The van der Waals surface area contributed by atoms with Crippen LogP contribution < -0.4 is 10.6 Å². The summed E-state index contributed by atoms with van der Waals surface area (Å²) in [5.41, 5.74) is 9.62. The zero-order valence-corrected chi connectivity index (χ0v) is 16.9. The van der Waals surface area contributed by atoms with E-state index in [9.17, 15) is 9.59 Å². The number of aryl methyl sites for hydroxylation is 2. The van der Waals surface area contributed by atoms with Crippen LogP contribution in [0.3, 0.4) is 0 Å². The lowest BCUT2D eigenvalue weighted by Crippen LogP contribution is -2.37. The molecule has 0 unspecified atom stereocenters. The number of Topliss-reactive ketones (excluding diaryl/α,β-unsaturated/α-hetero) is 1. The molecule has 3 aromatic rings.